The molecule has 0 saturated carbocycles. The van der Waals surface area contributed by atoms with Crippen LogP contribution in [-0.4, -0.2) is 36.6 Å². The SMILES string of the molecule is CCN(Cc1cccs1)C(=S)CCCc1nnnn1C. The molecule has 7 heteroatoms. The standard InChI is InChI=1S/C13H19N5S2/c1-3-18(10-11-6-5-9-20-11)13(19)8-4-7-12-14-15-16-17(12)2/h5-6,9H,3-4,7-8,10H2,1-2H3. The smallest absolute Gasteiger partial charge is 0.150 e. The van der Waals surface area contributed by atoms with Crippen molar-refractivity contribution >= 4 is 28.5 Å². The van der Waals surface area contributed by atoms with Crippen LogP contribution in [0.2, 0.25) is 0 Å². The molecular weight excluding hydrogens is 290 g/mol. The molecule has 0 saturated heterocycles. The van der Waals surface area contributed by atoms with Crippen LogP contribution in [0.25, 0.3) is 0 Å². The van der Waals surface area contributed by atoms with Gasteiger partial charge in [0.15, 0.2) is 5.82 Å². The van der Waals surface area contributed by atoms with Crippen molar-refractivity contribution in [1.82, 2.24) is 25.1 Å². The number of aryl methyl sites for hydroxylation is 2. The third kappa shape index (κ3) is 4.08. The Hall–Kier alpha value is -1.34. The van der Waals surface area contributed by atoms with Crippen LogP contribution in [-0.2, 0) is 20.0 Å². The van der Waals surface area contributed by atoms with E-state index in [1.807, 2.05) is 7.05 Å². The first-order valence-electron chi connectivity index (χ1n) is 6.72. The Balaban J connectivity index is 1.79. The number of nitrogens with zero attached hydrogens (tertiary/aromatic N) is 5. The molecule has 0 unspecified atom stereocenters. The van der Waals surface area contributed by atoms with E-state index in [9.17, 15) is 0 Å². The van der Waals surface area contributed by atoms with Gasteiger partial charge in [-0.05, 0) is 41.6 Å². The summed E-state index contributed by atoms with van der Waals surface area (Å²) in [5, 5.41) is 13.6. The molecule has 0 aromatic carbocycles. The Kier molecular flexibility index (Phi) is 5.60. The normalized spacial score (nSPS) is 10.7. The minimum absolute atomic E-state index is 0.861. The van der Waals surface area contributed by atoms with Gasteiger partial charge >= 0.3 is 0 Å². The highest BCUT2D eigenvalue weighted by molar-refractivity contribution is 7.80. The lowest BCUT2D eigenvalue weighted by molar-refractivity contribution is 0.436. The summed E-state index contributed by atoms with van der Waals surface area (Å²) in [5.74, 6) is 0.911. The highest BCUT2D eigenvalue weighted by Gasteiger charge is 2.10. The highest BCUT2D eigenvalue weighted by atomic mass is 32.1. The fourth-order valence-corrected chi connectivity index (χ4v) is 3.04. The zero-order chi connectivity index (χ0) is 14.4. The summed E-state index contributed by atoms with van der Waals surface area (Å²) >= 11 is 7.32. The van der Waals surface area contributed by atoms with Crippen molar-refractivity contribution < 1.29 is 0 Å². The van der Waals surface area contributed by atoms with Crippen molar-refractivity contribution in [3.05, 3.63) is 28.2 Å². The van der Waals surface area contributed by atoms with Gasteiger partial charge in [-0.2, -0.15) is 0 Å². The Morgan fingerprint density at radius 2 is 2.35 bits per heavy atom. The second-order valence-corrected chi connectivity index (χ2v) is 6.06. The predicted octanol–water partition coefficient (Wildman–Crippen LogP) is 2.44. The van der Waals surface area contributed by atoms with Gasteiger partial charge in [0.05, 0.1) is 11.5 Å². The van der Waals surface area contributed by atoms with Crippen molar-refractivity contribution in [3.8, 4) is 0 Å². The molecule has 0 spiro atoms. The van der Waals surface area contributed by atoms with Gasteiger partial charge < -0.3 is 4.90 Å². The van der Waals surface area contributed by atoms with Gasteiger partial charge in [-0.3, -0.25) is 0 Å². The second-order valence-electron chi connectivity index (χ2n) is 4.56. The molecule has 5 nitrogen and oxygen atoms in total. The number of hydrogen-bond donors (Lipinski definition) is 0. The quantitative estimate of drug-likeness (QED) is 0.735. The molecular formula is C13H19N5S2. The largest absolute Gasteiger partial charge is 0.361 e. The predicted molar refractivity (Wildman–Crippen MR) is 84.7 cm³/mol. The topological polar surface area (TPSA) is 46.8 Å². The minimum atomic E-state index is 0.861. The maximum Gasteiger partial charge on any atom is 0.150 e. The van der Waals surface area contributed by atoms with Crippen LogP contribution in [0.3, 0.4) is 0 Å². The number of hydrogen-bond acceptors (Lipinski definition) is 5. The molecule has 0 atom stereocenters. The molecule has 0 aliphatic rings. The van der Waals surface area contributed by atoms with Gasteiger partial charge in [0, 0.05) is 24.9 Å². The number of rotatable bonds is 7. The van der Waals surface area contributed by atoms with Crippen molar-refractivity contribution in [3.63, 3.8) is 0 Å². The fraction of sp³-hybridized carbons (Fsp3) is 0.538. The van der Waals surface area contributed by atoms with Crippen LogP contribution in [0.1, 0.15) is 30.5 Å². The highest BCUT2D eigenvalue weighted by Crippen LogP contribution is 2.14. The molecule has 0 aliphatic heterocycles. The number of tetrazole rings is 1. The maximum atomic E-state index is 5.55. The zero-order valence-corrected chi connectivity index (χ0v) is 13.5. The fourth-order valence-electron chi connectivity index (χ4n) is 1.98. The van der Waals surface area contributed by atoms with E-state index >= 15 is 0 Å². The Labute approximate surface area is 128 Å². The van der Waals surface area contributed by atoms with Gasteiger partial charge in [-0.15, -0.1) is 16.4 Å². The van der Waals surface area contributed by atoms with Gasteiger partial charge in [0.25, 0.3) is 0 Å². The van der Waals surface area contributed by atoms with Gasteiger partial charge in [0.2, 0.25) is 0 Å². The molecule has 2 heterocycles. The molecule has 2 aromatic rings. The van der Waals surface area contributed by atoms with E-state index in [1.54, 1.807) is 16.0 Å². The average Bonchev–Trinajstić information content (AvgIpc) is 3.08. The Morgan fingerprint density at radius 3 is 2.95 bits per heavy atom. The monoisotopic (exact) mass is 309 g/mol. The van der Waals surface area contributed by atoms with Gasteiger partial charge in [-0.25, -0.2) is 4.68 Å². The number of thiocarbonyl (C=S) groups is 1. The summed E-state index contributed by atoms with van der Waals surface area (Å²) in [6.45, 7) is 4.01. The first-order chi connectivity index (χ1) is 9.70. The van der Waals surface area contributed by atoms with E-state index in [0.717, 1.165) is 43.2 Å². The first kappa shape index (κ1) is 15.1. The summed E-state index contributed by atoms with van der Waals surface area (Å²) in [6.07, 6.45) is 2.75. The van der Waals surface area contributed by atoms with E-state index in [2.05, 4.69) is 44.9 Å². The molecule has 0 radical (unpaired) electrons. The zero-order valence-electron chi connectivity index (χ0n) is 11.8. The van der Waals surface area contributed by atoms with Gasteiger partial charge in [0.1, 0.15) is 0 Å². The molecule has 0 aliphatic carbocycles. The molecule has 0 amide bonds. The van der Waals surface area contributed by atoms with Crippen LogP contribution in [0.15, 0.2) is 17.5 Å². The van der Waals surface area contributed by atoms with E-state index < -0.39 is 0 Å². The summed E-state index contributed by atoms with van der Waals surface area (Å²) in [7, 11) is 1.86. The third-order valence-corrected chi connectivity index (χ3v) is 4.48. The molecule has 2 rings (SSSR count). The van der Waals surface area contributed by atoms with Crippen molar-refractivity contribution in [2.75, 3.05) is 6.54 Å². The Morgan fingerprint density at radius 1 is 1.50 bits per heavy atom. The third-order valence-electron chi connectivity index (χ3n) is 3.16. The molecule has 2 aromatic heterocycles. The lowest BCUT2D eigenvalue weighted by atomic mass is 10.2. The minimum Gasteiger partial charge on any atom is -0.361 e. The Bertz CT molecular complexity index is 535. The van der Waals surface area contributed by atoms with E-state index in [4.69, 9.17) is 12.2 Å². The lowest BCUT2D eigenvalue weighted by Crippen LogP contribution is -2.28. The van der Waals surface area contributed by atoms with Crippen LogP contribution >= 0.6 is 23.6 Å². The molecule has 20 heavy (non-hydrogen) atoms. The van der Waals surface area contributed by atoms with Crippen molar-refractivity contribution in [1.29, 1.82) is 0 Å². The first-order valence-corrected chi connectivity index (χ1v) is 8.01. The number of aromatic nitrogens is 4. The average molecular weight is 309 g/mol. The van der Waals surface area contributed by atoms with E-state index in [-0.39, 0.29) is 0 Å². The van der Waals surface area contributed by atoms with Crippen LogP contribution < -0.4 is 0 Å². The molecule has 108 valence electrons. The molecule has 0 bridgehead atoms. The summed E-state index contributed by atoms with van der Waals surface area (Å²) in [6, 6.07) is 4.24. The lowest BCUT2D eigenvalue weighted by Gasteiger charge is -2.23. The summed E-state index contributed by atoms with van der Waals surface area (Å²) < 4.78 is 1.71. The molecule has 0 N–H and O–H groups in total. The van der Waals surface area contributed by atoms with E-state index in [1.165, 1.54) is 4.88 Å². The van der Waals surface area contributed by atoms with Crippen LogP contribution in [0.5, 0.6) is 0 Å². The van der Waals surface area contributed by atoms with Crippen molar-refractivity contribution in [2.45, 2.75) is 32.7 Å². The van der Waals surface area contributed by atoms with Crippen LogP contribution in [0.4, 0.5) is 0 Å². The second kappa shape index (κ2) is 7.44. The molecule has 0 fully saturated rings. The summed E-state index contributed by atoms with van der Waals surface area (Å²) in [5.41, 5.74) is 0. The maximum absolute atomic E-state index is 5.55. The van der Waals surface area contributed by atoms with Gasteiger partial charge in [-0.1, -0.05) is 18.3 Å². The van der Waals surface area contributed by atoms with E-state index in [0.29, 0.717) is 0 Å². The number of thiophene rings is 1. The summed E-state index contributed by atoms with van der Waals surface area (Å²) in [4.78, 5) is 4.64. The van der Waals surface area contributed by atoms with Crippen LogP contribution in [0, 0.1) is 0 Å². The van der Waals surface area contributed by atoms with Crippen molar-refractivity contribution in [2.24, 2.45) is 7.05 Å².